The molecule has 0 saturated carbocycles. The van der Waals surface area contributed by atoms with E-state index in [0.717, 1.165) is 0 Å². The summed E-state index contributed by atoms with van der Waals surface area (Å²) in [5, 5.41) is 0. The van der Waals surface area contributed by atoms with Gasteiger partial charge in [0.2, 0.25) is 0 Å². The van der Waals surface area contributed by atoms with Gasteiger partial charge in [0.05, 0.1) is 3.94 Å². The molecular formula is C3H4BrCl. The average Bonchev–Trinajstić information content (AvgIpc) is 1.38. The highest BCUT2D eigenvalue weighted by molar-refractivity contribution is 9.12. The highest BCUT2D eigenvalue weighted by Crippen LogP contribution is 2.07. The zero-order chi connectivity index (χ0) is 4.28. The van der Waals surface area contributed by atoms with Crippen molar-refractivity contribution in [1.29, 1.82) is 0 Å². The molecule has 0 bridgehead atoms. The largest absolute Gasteiger partial charge is 0.0791 e. The molecule has 0 heterocycles. The van der Waals surface area contributed by atoms with E-state index in [4.69, 9.17) is 11.6 Å². The van der Waals surface area contributed by atoms with E-state index in [1.165, 1.54) is 0 Å². The van der Waals surface area contributed by atoms with Gasteiger partial charge in [-0.3, -0.25) is 0 Å². The molecule has 0 radical (unpaired) electrons. The van der Waals surface area contributed by atoms with Crippen LogP contribution in [0.15, 0.2) is 10.0 Å². The molecule has 0 aromatic heterocycles. The molecule has 0 aliphatic rings. The molecule has 0 amide bonds. The van der Waals surface area contributed by atoms with Crippen LogP contribution in [0.4, 0.5) is 0 Å². The number of halogens is 2. The zero-order valence-corrected chi connectivity index (χ0v) is 5.18. The maximum Gasteiger partial charge on any atom is 0.0791 e. The Hall–Kier alpha value is 0.510. The predicted octanol–water partition coefficient (Wildman–Crippen LogP) is 2.48. The Labute approximate surface area is 45.0 Å². The second-order valence-corrected chi connectivity index (χ2v) is 2.30. The molecular weight excluding hydrogens is 151 g/mol. The predicted molar refractivity (Wildman–Crippen MR) is 28.5 cm³/mol. The third-order valence-corrected chi connectivity index (χ3v) is 0.894. The van der Waals surface area contributed by atoms with Crippen molar-refractivity contribution in [2.24, 2.45) is 0 Å². The molecule has 0 saturated heterocycles. The molecule has 0 N–H and O–H groups in total. The minimum atomic E-state index is 0.664. The Balaban J connectivity index is 3.14. The summed E-state index contributed by atoms with van der Waals surface area (Å²) < 4.78 is 0.664. The van der Waals surface area contributed by atoms with Crippen molar-refractivity contribution in [3.63, 3.8) is 0 Å². The summed E-state index contributed by atoms with van der Waals surface area (Å²) in [7, 11) is 0. The van der Waals surface area contributed by atoms with Gasteiger partial charge in [0, 0.05) is 0 Å². The Morgan fingerprint density at radius 2 is 2.20 bits per heavy atom. The van der Waals surface area contributed by atoms with Gasteiger partial charge < -0.3 is 0 Å². The molecule has 0 aromatic carbocycles. The van der Waals surface area contributed by atoms with Crippen molar-refractivity contribution < 1.29 is 0 Å². The van der Waals surface area contributed by atoms with Crippen molar-refractivity contribution in [1.82, 2.24) is 0 Å². The first-order valence-electron chi connectivity index (χ1n) is 1.24. The lowest BCUT2D eigenvalue weighted by atomic mass is 10.8. The Morgan fingerprint density at radius 3 is 2.20 bits per heavy atom. The van der Waals surface area contributed by atoms with E-state index in [9.17, 15) is 0 Å². The summed E-state index contributed by atoms with van der Waals surface area (Å²) >= 11 is 8.24. The van der Waals surface area contributed by atoms with Gasteiger partial charge in [0.1, 0.15) is 0 Å². The summed E-state index contributed by atoms with van der Waals surface area (Å²) in [4.78, 5) is 0. The molecule has 30 valence electrons. The fraction of sp³-hybridized carbons (Fsp3) is 0.333. The van der Waals surface area contributed by atoms with Gasteiger partial charge in [-0.1, -0.05) is 17.7 Å². The van der Waals surface area contributed by atoms with E-state index in [1.54, 1.807) is 6.08 Å². The van der Waals surface area contributed by atoms with Crippen molar-refractivity contribution in [2.75, 3.05) is 0 Å². The maximum absolute atomic E-state index is 5.24. The van der Waals surface area contributed by atoms with Gasteiger partial charge >= 0.3 is 0 Å². The zero-order valence-electron chi connectivity index (χ0n) is 2.83. The van der Waals surface area contributed by atoms with E-state index in [0.29, 0.717) is 3.94 Å². The molecule has 0 aliphatic heterocycles. The van der Waals surface area contributed by atoms with Crippen LogP contribution < -0.4 is 0 Å². The molecule has 0 rings (SSSR count). The summed E-state index contributed by atoms with van der Waals surface area (Å²) in [6.45, 7) is 1.86. The second kappa shape index (κ2) is 2.73. The second-order valence-electron chi connectivity index (χ2n) is 0.578. The van der Waals surface area contributed by atoms with E-state index in [-0.39, 0.29) is 0 Å². The van der Waals surface area contributed by atoms with Crippen LogP contribution >= 0.6 is 27.5 Å². The van der Waals surface area contributed by atoms with Crippen LogP contribution in [0, 0.1) is 0 Å². The first-order chi connectivity index (χ1) is 2.27. The third-order valence-electron chi connectivity index (χ3n) is 0.218. The van der Waals surface area contributed by atoms with Crippen LogP contribution in [0.5, 0.6) is 0 Å². The molecule has 0 aromatic rings. The summed E-state index contributed by atoms with van der Waals surface area (Å²) in [6, 6.07) is 0. The van der Waals surface area contributed by atoms with Crippen molar-refractivity contribution in [3.8, 4) is 0 Å². The lowest BCUT2D eigenvalue weighted by Crippen LogP contribution is -1.37. The molecule has 0 unspecified atom stereocenters. The van der Waals surface area contributed by atoms with Gasteiger partial charge in [-0.05, 0) is 22.9 Å². The standard InChI is InChI=1S/C3H4BrCl/c1-2-3(4)5/h2H,1H3/b3-2+. The molecule has 0 aliphatic carbocycles. The topological polar surface area (TPSA) is 0 Å². The summed E-state index contributed by atoms with van der Waals surface area (Å²) in [5.41, 5.74) is 0. The van der Waals surface area contributed by atoms with Crippen LogP contribution in [-0.4, -0.2) is 0 Å². The fourth-order valence-corrected chi connectivity index (χ4v) is 0. The van der Waals surface area contributed by atoms with Crippen LogP contribution in [0.3, 0.4) is 0 Å². The number of rotatable bonds is 0. The third kappa shape index (κ3) is 4.51. The van der Waals surface area contributed by atoms with E-state index < -0.39 is 0 Å². The van der Waals surface area contributed by atoms with Gasteiger partial charge in [-0.15, -0.1) is 0 Å². The number of hydrogen-bond donors (Lipinski definition) is 0. The normalized spacial score (nSPS) is 12.2. The molecule has 2 heteroatoms. The lowest BCUT2D eigenvalue weighted by molar-refractivity contribution is 1.77. The van der Waals surface area contributed by atoms with Crippen LogP contribution in [0.2, 0.25) is 0 Å². The Morgan fingerprint density at radius 1 is 2.00 bits per heavy atom. The minimum Gasteiger partial charge on any atom is -0.0765 e. The monoisotopic (exact) mass is 154 g/mol. The average molecular weight is 155 g/mol. The molecule has 0 spiro atoms. The van der Waals surface area contributed by atoms with E-state index >= 15 is 0 Å². The maximum atomic E-state index is 5.24. The fourth-order valence-electron chi connectivity index (χ4n) is 0. The number of hydrogen-bond acceptors (Lipinski definition) is 0. The highest BCUT2D eigenvalue weighted by Gasteiger charge is 1.67. The lowest BCUT2D eigenvalue weighted by Gasteiger charge is -1.67. The molecule has 0 nitrogen and oxygen atoms in total. The van der Waals surface area contributed by atoms with Gasteiger partial charge in [-0.25, -0.2) is 0 Å². The SMILES string of the molecule is C/C=C(/Cl)Br. The first kappa shape index (κ1) is 5.51. The van der Waals surface area contributed by atoms with Crippen LogP contribution in [-0.2, 0) is 0 Å². The van der Waals surface area contributed by atoms with Crippen molar-refractivity contribution in [3.05, 3.63) is 10.0 Å². The Bertz CT molecular complexity index is 44.9. The first-order valence-corrected chi connectivity index (χ1v) is 2.41. The number of allylic oxidation sites excluding steroid dienone is 1. The van der Waals surface area contributed by atoms with Crippen molar-refractivity contribution in [2.45, 2.75) is 6.92 Å². The smallest absolute Gasteiger partial charge is 0.0765 e. The quantitative estimate of drug-likeness (QED) is 0.504. The molecule has 5 heavy (non-hydrogen) atoms. The molecule has 0 fully saturated rings. The van der Waals surface area contributed by atoms with Crippen LogP contribution in [0.1, 0.15) is 6.92 Å². The summed E-state index contributed by atoms with van der Waals surface area (Å²) in [5.74, 6) is 0. The van der Waals surface area contributed by atoms with Crippen LogP contribution in [0.25, 0.3) is 0 Å². The van der Waals surface area contributed by atoms with Gasteiger partial charge in [0.15, 0.2) is 0 Å². The Kier molecular flexibility index (Phi) is 3.01. The molecule has 0 atom stereocenters. The minimum absolute atomic E-state index is 0.664. The van der Waals surface area contributed by atoms with Gasteiger partial charge in [-0.2, -0.15) is 0 Å². The highest BCUT2D eigenvalue weighted by atomic mass is 79.9. The van der Waals surface area contributed by atoms with E-state index in [1.807, 2.05) is 6.92 Å². The summed E-state index contributed by atoms with van der Waals surface area (Å²) in [6.07, 6.45) is 1.77. The van der Waals surface area contributed by atoms with Gasteiger partial charge in [0.25, 0.3) is 0 Å². The van der Waals surface area contributed by atoms with Crippen molar-refractivity contribution >= 4 is 27.5 Å². The van der Waals surface area contributed by atoms with E-state index in [2.05, 4.69) is 15.9 Å².